The predicted octanol–water partition coefficient (Wildman–Crippen LogP) is 2.53. The molecule has 1 aliphatic rings. The van der Waals surface area contributed by atoms with Gasteiger partial charge in [-0.25, -0.2) is 9.97 Å². The van der Waals surface area contributed by atoms with E-state index in [2.05, 4.69) is 27.2 Å². The van der Waals surface area contributed by atoms with Crippen LogP contribution in [0.4, 0.5) is 5.82 Å². The summed E-state index contributed by atoms with van der Waals surface area (Å²) in [5.74, 6) is 0.968. The third kappa shape index (κ3) is 2.06. The Morgan fingerprint density at radius 3 is 2.94 bits per heavy atom. The summed E-state index contributed by atoms with van der Waals surface area (Å²) in [6.45, 7) is 2.10. The Morgan fingerprint density at radius 1 is 1.17 bits per heavy atom. The lowest BCUT2D eigenvalue weighted by Crippen LogP contribution is -2.11. The lowest BCUT2D eigenvalue weighted by Gasteiger charge is -2.15. The van der Waals surface area contributed by atoms with Crippen LogP contribution in [0.25, 0.3) is 0 Å². The first-order valence-corrected chi connectivity index (χ1v) is 6.35. The van der Waals surface area contributed by atoms with E-state index in [0.29, 0.717) is 0 Å². The molecule has 0 amide bonds. The predicted molar refractivity (Wildman–Crippen MR) is 70.3 cm³/mol. The van der Waals surface area contributed by atoms with E-state index in [1.165, 1.54) is 17.7 Å². The van der Waals surface area contributed by atoms with Crippen molar-refractivity contribution < 1.29 is 0 Å². The lowest BCUT2D eigenvalue weighted by molar-refractivity contribution is 0.825. The first-order valence-electron chi connectivity index (χ1n) is 6.35. The molecular weight excluding hydrogens is 224 g/mol. The minimum atomic E-state index is 0.158. The molecule has 0 aromatic carbocycles. The van der Waals surface area contributed by atoms with Gasteiger partial charge in [-0.05, 0) is 38.3 Å². The van der Waals surface area contributed by atoms with E-state index < -0.39 is 0 Å². The molecule has 1 N–H and O–H groups in total. The van der Waals surface area contributed by atoms with E-state index in [0.717, 1.165) is 24.4 Å². The van der Waals surface area contributed by atoms with Gasteiger partial charge in [-0.2, -0.15) is 0 Å². The number of aryl methyl sites for hydroxylation is 1. The van der Waals surface area contributed by atoms with Crippen molar-refractivity contribution in [2.24, 2.45) is 0 Å². The average molecular weight is 240 g/mol. The summed E-state index contributed by atoms with van der Waals surface area (Å²) in [4.78, 5) is 13.1. The van der Waals surface area contributed by atoms with Crippen LogP contribution in [0.2, 0.25) is 0 Å². The normalized spacial score (nSPS) is 15.2. The standard InChI is InChI=1S/C14H16N4/c1-10(12-6-2-3-8-15-12)18-14-11-5-4-7-13(11)16-9-17-14/h2-3,6,8-10H,4-5,7H2,1H3,(H,16,17,18)/t10-/m1/s1. The molecule has 0 bridgehead atoms. The van der Waals surface area contributed by atoms with Gasteiger partial charge in [-0.1, -0.05) is 6.07 Å². The number of fused-ring (bicyclic) bond motifs is 1. The van der Waals surface area contributed by atoms with Gasteiger partial charge >= 0.3 is 0 Å². The first-order chi connectivity index (χ1) is 8.84. The highest BCUT2D eigenvalue weighted by atomic mass is 15.0. The van der Waals surface area contributed by atoms with Crippen LogP contribution in [0.3, 0.4) is 0 Å². The van der Waals surface area contributed by atoms with E-state index in [1.807, 2.05) is 24.4 Å². The largest absolute Gasteiger partial charge is 0.362 e. The smallest absolute Gasteiger partial charge is 0.133 e. The fourth-order valence-corrected chi connectivity index (χ4v) is 2.40. The van der Waals surface area contributed by atoms with Crippen molar-refractivity contribution in [3.63, 3.8) is 0 Å². The minimum Gasteiger partial charge on any atom is -0.362 e. The molecule has 0 unspecified atom stereocenters. The Bertz CT molecular complexity index is 539. The summed E-state index contributed by atoms with van der Waals surface area (Å²) >= 11 is 0. The molecule has 1 atom stereocenters. The molecule has 0 aliphatic heterocycles. The SMILES string of the molecule is C[C@@H](Nc1ncnc2c1CCC2)c1ccccn1. The lowest BCUT2D eigenvalue weighted by atomic mass is 10.2. The van der Waals surface area contributed by atoms with Crippen molar-refractivity contribution in [1.29, 1.82) is 0 Å². The maximum absolute atomic E-state index is 4.37. The molecule has 0 saturated heterocycles. The molecule has 3 rings (SSSR count). The second-order valence-electron chi connectivity index (χ2n) is 4.62. The molecule has 0 saturated carbocycles. The molecule has 0 fully saturated rings. The number of nitrogens with one attached hydrogen (secondary N) is 1. The molecule has 4 nitrogen and oxygen atoms in total. The molecule has 2 aromatic heterocycles. The molecule has 0 spiro atoms. The topological polar surface area (TPSA) is 50.7 Å². The van der Waals surface area contributed by atoms with Crippen molar-refractivity contribution in [2.45, 2.75) is 32.2 Å². The zero-order valence-corrected chi connectivity index (χ0v) is 10.4. The number of anilines is 1. The van der Waals surface area contributed by atoms with Gasteiger partial charge in [0.15, 0.2) is 0 Å². The third-order valence-electron chi connectivity index (χ3n) is 3.36. The fraction of sp³-hybridized carbons (Fsp3) is 0.357. The van der Waals surface area contributed by atoms with E-state index in [4.69, 9.17) is 0 Å². The highest BCUT2D eigenvalue weighted by Crippen LogP contribution is 2.27. The summed E-state index contributed by atoms with van der Waals surface area (Å²) in [7, 11) is 0. The molecular formula is C14H16N4. The van der Waals surface area contributed by atoms with Gasteiger partial charge in [0.1, 0.15) is 12.1 Å². The van der Waals surface area contributed by atoms with Crippen molar-refractivity contribution in [2.75, 3.05) is 5.32 Å². The van der Waals surface area contributed by atoms with Crippen LogP contribution in [0, 0.1) is 0 Å². The van der Waals surface area contributed by atoms with Crippen LogP contribution >= 0.6 is 0 Å². The second-order valence-corrected chi connectivity index (χ2v) is 4.62. The maximum Gasteiger partial charge on any atom is 0.133 e. The quantitative estimate of drug-likeness (QED) is 0.895. The summed E-state index contributed by atoms with van der Waals surface area (Å²) < 4.78 is 0. The Labute approximate surface area is 107 Å². The number of hydrogen-bond acceptors (Lipinski definition) is 4. The van der Waals surface area contributed by atoms with Gasteiger partial charge in [0.2, 0.25) is 0 Å². The molecule has 4 heteroatoms. The molecule has 18 heavy (non-hydrogen) atoms. The number of aromatic nitrogens is 3. The van der Waals surface area contributed by atoms with Crippen molar-refractivity contribution in [3.05, 3.63) is 47.7 Å². The van der Waals surface area contributed by atoms with Crippen LogP contribution in [0.5, 0.6) is 0 Å². The number of hydrogen-bond donors (Lipinski definition) is 1. The number of nitrogens with zero attached hydrogens (tertiary/aromatic N) is 3. The maximum atomic E-state index is 4.37. The molecule has 0 radical (unpaired) electrons. The van der Waals surface area contributed by atoms with Gasteiger partial charge in [0.05, 0.1) is 11.7 Å². The minimum absolute atomic E-state index is 0.158. The van der Waals surface area contributed by atoms with Crippen molar-refractivity contribution in [1.82, 2.24) is 15.0 Å². The van der Waals surface area contributed by atoms with Gasteiger partial charge < -0.3 is 5.32 Å². The molecule has 2 aromatic rings. The Hall–Kier alpha value is -1.97. The van der Waals surface area contributed by atoms with Crippen LogP contribution in [-0.4, -0.2) is 15.0 Å². The molecule has 92 valence electrons. The van der Waals surface area contributed by atoms with Crippen molar-refractivity contribution in [3.8, 4) is 0 Å². The van der Waals surface area contributed by atoms with Crippen molar-refractivity contribution >= 4 is 5.82 Å². The Balaban J connectivity index is 1.83. The Kier molecular flexibility index (Phi) is 2.92. The van der Waals surface area contributed by atoms with Gasteiger partial charge in [0, 0.05) is 17.5 Å². The summed E-state index contributed by atoms with van der Waals surface area (Å²) in [5.41, 5.74) is 3.50. The fourth-order valence-electron chi connectivity index (χ4n) is 2.40. The number of pyridine rings is 1. The van der Waals surface area contributed by atoms with Crippen LogP contribution in [0.15, 0.2) is 30.7 Å². The zero-order valence-electron chi connectivity index (χ0n) is 10.4. The summed E-state index contributed by atoms with van der Waals surface area (Å²) in [6, 6.07) is 6.12. The van der Waals surface area contributed by atoms with E-state index in [-0.39, 0.29) is 6.04 Å². The summed E-state index contributed by atoms with van der Waals surface area (Å²) in [6.07, 6.45) is 6.80. The van der Waals surface area contributed by atoms with E-state index in [9.17, 15) is 0 Å². The highest BCUT2D eigenvalue weighted by molar-refractivity contribution is 5.49. The van der Waals surface area contributed by atoms with E-state index >= 15 is 0 Å². The zero-order chi connectivity index (χ0) is 12.4. The van der Waals surface area contributed by atoms with E-state index in [1.54, 1.807) is 6.33 Å². The van der Waals surface area contributed by atoms with Crippen LogP contribution in [0.1, 0.15) is 36.3 Å². The monoisotopic (exact) mass is 240 g/mol. The number of rotatable bonds is 3. The summed E-state index contributed by atoms with van der Waals surface area (Å²) in [5, 5.41) is 3.44. The average Bonchev–Trinajstić information content (AvgIpc) is 2.89. The van der Waals surface area contributed by atoms with Gasteiger partial charge in [-0.15, -0.1) is 0 Å². The second kappa shape index (κ2) is 4.72. The molecule has 1 aliphatic carbocycles. The van der Waals surface area contributed by atoms with Gasteiger partial charge in [0.25, 0.3) is 0 Å². The third-order valence-corrected chi connectivity index (χ3v) is 3.36. The van der Waals surface area contributed by atoms with Gasteiger partial charge in [-0.3, -0.25) is 4.98 Å². The first kappa shape index (κ1) is 11.1. The van der Waals surface area contributed by atoms with Crippen LogP contribution in [-0.2, 0) is 12.8 Å². The molecule has 2 heterocycles. The van der Waals surface area contributed by atoms with Crippen LogP contribution < -0.4 is 5.32 Å². The highest BCUT2D eigenvalue weighted by Gasteiger charge is 2.18. The Morgan fingerprint density at radius 2 is 2.11 bits per heavy atom.